The summed E-state index contributed by atoms with van der Waals surface area (Å²) in [5, 5.41) is 4.84. The molecule has 5 N–H and O–H groups in total. The van der Waals surface area contributed by atoms with Crippen molar-refractivity contribution in [3.05, 3.63) is 71.1 Å². The minimum atomic E-state index is -0.409. The van der Waals surface area contributed by atoms with Crippen LogP contribution in [0.4, 0.5) is 11.4 Å². The average molecular weight is 381 g/mol. The first-order valence-electron chi connectivity index (χ1n) is 8.26. The smallest absolute Gasteiger partial charge is 0.311 e. The predicted octanol–water partition coefficient (Wildman–Crippen LogP) is 3.25. The van der Waals surface area contributed by atoms with Gasteiger partial charge in [0, 0.05) is 10.4 Å². The Balaban J connectivity index is 1.72. The van der Waals surface area contributed by atoms with Crippen LogP contribution in [0, 0.1) is 0 Å². The number of hydrogen-bond acceptors (Lipinski definition) is 6. The minimum Gasteiger partial charge on any atom is -0.450 e. The number of ether oxygens (including phenoxy) is 1. The Bertz CT molecular complexity index is 938. The highest BCUT2D eigenvalue weighted by Gasteiger charge is 2.11. The van der Waals surface area contributed by atoms with Gasteiger partial charge < -0.3 is 15.8 Å². The highest BCUT2D eigenvalue weighted by Crippen LogP contribution is 2.30. The zero-order chi connectivity index (χ0) is 19.2. The van der Waals surface area contributed by atoms with Gasteiger partial charge in [-0.2, -0.15) is 0 Å². The van der Waals surface area contributed by atoms with E-state index in [4.69, 9.17) is 16.2 Å². The molecule has 0 aliphatic carbocycles. The zero-order valence-electron chi connectivity index (χ0n) is 14.5. The zero-order valence-corrected chi connectivity index (χ0v) is 15.3. The van der Waals surface area contributed by atoms with E-state index in [1.165, 1.54) is 0 Å². The molecule has 0 aliphatic rings. The summed E-state index contributed by atoms with van der Waals surface area (Å²) >= 11 is 1.62. The fraction of sp³-hybridized carbons (Fsp3) is 0.100. The number of nitrogens with one attached hydrogen (secondary N) is 1. The molecule has 0 spiro atoms. The summed E-state index contributed by atoms with van der Waals surface area (Å²) < 4.78 is 4.70. The molecule has 0 saturated heterocycles. The monoisotopic (exact) mass is 381 g/mol. The molecule has 1 heterocycles. The summed E-state index contributed by atoms with van der Waals surface area (Å²) in [5.74, 6) is -0.686. The van der Waals surface area contributed by atoms with Gasteiger partial charge in [-0.3, -0.25) is 15.3 Å². The molecule has 138 valence electrons. The SMILES string of the molecule is NCOC(=O)Cc1ccc(C(=O)Nc2cc(-c3cccs3)ccc2N)cc1. The average Bonchev–Trinajstić information content (AvgIpc) is 3.19. The maximum Gasteiger partial charge on any atom is 0.311 e. The molecule has 0 saturated carbocycles. The van der Waals surface area contributed by atoms with Crippen LogP contribution in [0.3, 0.4) is 0 Å². The summed E-state index contributed by atoms with van der Waals surface area (Å²) in [4.78, 5) is 25.1. The summed E-state index contributed by atoms with van der Waals surface area (Å²) in [7, 11) is 0. The summed E-state index contributed by atoms with van der Waals surface area (Å²) in [6.45, 7) is -0.148. The largest absolute Gasteiger partial charge is 0.450 e. The molecule has 0 atom stereocenters. The molecule has 0 fully saturated rings. The molecule has 0 unspecified atom stereocenters. The first-order chi connectivity index (χ1) is 13.1. The van der Waals surface area contributed by atoms with Crippen LogP contribution in [0.5, 0.6) is 0 Å². The van der Waals surface area contributed by atoms with E-state index >= 15 is 0 Å². The molecule has 3 aromatic rings. The molecular weight excluding hydrogens is 362 g/mol. The Morgan fingerprint density at radius 2 is 1.85 bits per heavy atom. The van der Waals surface area contributed by atoms with E-state index in [0.29, 0.717) is 16.9 Å². The van der Waals surface area contributed by atoms with Gasteiger partial charge in [-0.25, -0.2) is 0 Å². The van der Waals surface area contributed by atoms with Crippen LogP contribution in [0.1, 0.15) is 15.9 Å². The number of hydrogen-bond donors (Lipinski definition) is 3. The van der Waals surface area contributed by atoms with Crippen LogP contribution in [-0.2, 0) is 16.0 Å². The topological polar surface area (TPSA) is 107 Å². The van der Waals surface area contributed by atoms with Crippen molar-refractivity contribution in [1.29, 1.82) is 0 Å². The molecule has 27 heavy (non-hydrogen) atoms. The van der Waals surface area contributed by atoms with Crippen molar-refractivity contribution in [1.82, 2.24) is 0 Å². The highest BCUT2D eigenvalue weighted by atomic mass is 32.1. The first kappa shape index (κ1) is 18.6. The second-order valence-electron chi connectivity index (χ2n) is 5.79. The third-order valence-corrected chi connectivity index (χ3v) is 4.84. The molecule has 3 rings (SSSR count). The van der Waals surface area contributed by atoms with Gasteiger partial charge in [0.05, 0.1) is 17.8 Å². The number of anilines is 2. The van der Waals surface area contributed by atoms with Crippen molar-refractivity contribution in [2.24, 2.45) is 5.73 Å². The number of carbonyl (C=O) groups excluding carboxylic acids is 2. The Labute approximate surface area is 160 Å². The van der Waals surface area contributed by atoms with E-state index in [1.807, 2.05) is 29.6 Å². The van der Waals surface area contributed by atoms with Crippen molar-refractivity contribution in [3.63, 3.8) is 0 Å². The molecule has 0 aliphatic heterocycles. The number of nitrogen functional groups attached to an aromatic ring is 1. The summed E-state index contributed by atoms with van der Waals surface area (Å²) in [6.07, 6.45) is 0.106. The van der Waals surface area contributed by atoms with Gasteiger partial charge in [0.2, 0.25) is 0 Å². The van der Waals surface area contributed by atoms with Gasteiger partial charge >= 0.3 is 5.97 Å². The fourth-order valence-electron chi connectivity index (χ4n) is 2.54. The molecule has 1 aromatic heterocycles. The summed E-state index contributed by atoms with van der Waals surface area (Å²) in [5.41, 5.74) is 14.4. The van der Waals surface area contributed by atoms with Gasteiger partial charge in [0.25, 0.3) is 5.91 Å². The fourth-order valence-corrected chi connectivity index (χ4v) is 3.26. The Morgan fingerprint density at radius 3 is 2.52 bits per heavy atom. The quantitative estimate of drug-likeness (QED) is 0.345. The standard InChI is InChI=1S/C20H19N3O3S/c21-12-26-19(24)10-13-3-5-14(6-4-13)20(25)23-17-11-15(7-8-16(17)22)18-2-1-9-27-18/h1-9,11H,10,12,21-22H2,(H,23,25). The molecule has 0 bridgehead atoms. The Morgan fingerprint density at radius 1 is 1.07 bits per heavy atom. The van der Waals surface area contributed by atoms with Crippen molar-refractivity contribution in [3.8, 4) is 10.4 Å². The Kier molecular flexibility index (Phi) is 5.85. The van der Waals surface area contributed by atoms with Crippen LogP contribution >= 0.6 is 11.3 Å². The third-order valence-electron chi connectivity index (χ3n) is 3.92. The van der Waals surface area contributed by atoms with Crippen molar-refractivity contribution >= 4 is 34.6 Å². The number of carbonyl (C=O) groups is 2. The van der Waals surface area contributed by atoms with Crippen LogP contribution < -0.4 is 16.8 Å². The van der Waals surface area contributed by atoms with Gasteiger partial charge in [-0.05, 0) is 46.8 Å². The van der Waals surface area contributed by atoms with E-state index in [9.17, 15) is 9.59 Å². The maximum absolute atomic E-state index is 12.5. The molecule has 0 radical (unpaired) electrons. The second kappa shape index (κ2) is 8.48. The first-order valence-corrected chi connectivity index (χ1v) is 9.14. The van der Waals surface area contributed by atoms with E-state index in [1.54, 1.807) is 41.7 Å². The number of amides is 1. The van der Waals surface area contributed by atoms with Gasteiger partial charge in [0.1, 0.15) is 6.73 Å². The van der Waals surface area contributed by atoms with Gasteiger partial charge in [0.15, 0.2) is 0 Å². The minimum absolute atomic E-state index is 0.106. The van der Waals surface area contributed by atoms with Crippen LogP contribution in [0.15, 0.2) is 60.0 Å². The van der Waals surface area contributed by atoms with Gasteiger partial charge in [-0.15, -0.1) is 11.3 Å². The van der Waals surface area contributed by atoms with E-state index < -0.39 is 5.97 Å². The molecule has 6 nitrogen and oxygen atoms in total. The van der Waals surface area contributed by atoms with Crippen LogP contribution in [0.25, 0.3) is 10.4 Å². The van der Waals surface area contributed by atoms with Crippen molar-refractivity contribution < 1.29 is 14.3 Å². The number of rotatable bonds is 6. The molecule has 1 amide bonds. The third kappa shape index (κ3) is 4.72. The second-order valence-corrected chi connectivity index (χ2v) is 6.74. The molecule has 2 aromatic carbocycles. The van der Waals surface area contributed by atoms with Crippen LogP contribution in [-0.4, -0.2) is 18.6 Å². The number of esters is 1. The normalized spacial score (nSPS) is 10.4. The lowest BCUT2D eigenvalue weighted by atomic mass is 10.1. The van der Waals surface area contributed by atoms with E-state index in [0.717, 1.165) is 16.0 Å². The maximum atomic E-state index is 12.5. The summed E-state index contributed by atoms with van der Waals surface area (Å²) in [6, 6.07) is 16.3. The number of nitrogens with two attached hydrogens (primary N) is 2. The lowest BCUT2D eigenvalue weighted by Gasteiger charge is -2.10. The number of thiophene rings is 1. The Hall–Kier alpha value is -3.16. The van der Waals surface area contributed by atoms with E-state index in [-0.39, 0.29) is 19.1 Å². The van der Waals surface area contributed by atoms with Crippen molar-refractivity contribution in [2.45, 2.75) is 6.42 Å². The highest BCUT2D eigenvalue weighted by molar-refractivity contribution is 7.13. The molecular formula is C20H19N3O3S. The van der Waals surface area contributed by atoms with Crippen molar-refractivity contribution in [2.75, 3.05) is 17.8 Å². The lowest BCUT2D eigenvalue weighted by molar-refractivity contribution is -0.142. The van der Waals surface area contributed by atoms with Gasteiger partial charge in [-0.1, -0.05) is 24.3 Å². The predicted molar refractivity (Wildman–Crippen MR) is 107 cm³/mol. The van der Waals surface area contributed by atoms with E-state index in [2.05, 4.69) is 5.32 Å². The molecule has 7 heteroatoms. The van der Waals surface area contributed by atoms with Crippen LogP contribution in [0.2, 0.25) is 0 Å². The number of benzene rings is 2. The lowest BCUT2D eigenvalue weighted by Crippen LogP contribution is -2.15.